The molecular formula is C6H12N4. The zero-order chi connectivity index (χ0) is 7.23. The summed E-state index contributed by atoms with van der Waals surface area (Å²) in [6.45, 7) is 1.68. The third-order valence-corrected chi connectivity index (χ3v) is 1.78. The van der Waals surface area contributed by atoms with Crippen molar-refractivity contribution < 1.29 is 0 Å². The third-order valence-electron chi connectivity index (χ3n) is 1.78. The second kappa shape index (κ2) is 4.14. The maximum atomic E-state index is 8.03. The van der Waals surface area contributed by atoms with Gasteiger partial charge < -0.3 is 5.32 Å². The van der Waals surface area contributed by atoms with Crippen LogP contribution in [-0.4, -0.2) is 19.1 Å². The molecule has 0 amide bonds. The van der Waals surface area contributed by atoms with E-state index in [9.17, 15) is 0 Å². The van der Waals surface area contributed by atoms with Crippen molar-refractivity contribution in [3.8, 4) is 0 Å². The molecule has 1 heterocycles. The predicted octanol–water partition coefficient (Wildman–Crippen LogP) is 1.44. The summed E-state index contributed by atoms with van der Waals surface area (Å²) in [6, 6.07) is 0.435. The number of nitrogens with zero attached hydrogens (tertiary/aromatic N) is 3. The highest BCUT2D eigenvalue weighted by molar-refractivity contribution is 4.73. The second-order valence-corrected chi connectivity index (χ2v) is 2.56. The molecular weight excluding hydrogens is 128 g/mol. The van der Waals surface area contributed by atoms with Gasteiger partial charge in [-0.15, -0.1) is 0 Å². The molecule has 1 saturated heterocycles. The van der Waals surface area contributed by atoms with E-state index in [1.165, 1.54) is 12.8 Å². The first-order valence-electron chi connectivity index (χ1n) is 3.67. The first kappa shape index (κ1) is 7.38. The quantitative estimate of drug-likeness (QED) is 0.352. The van der Waals surface area contributed by atoms with Crippen molar-refractivity contribution in [2.24, 2.45) is 5.11 Å². The van der Waals surface area contributed by atoms with Crippen molar-refractivity contribution in [2.75, 3.05) is 13.1 Å². The average molecular weight is 140 g/mol. The van der Waals surface area contributed by atoms with Gasteiger partial charge in [0.15, 0.2) is 0 Å². The van der Waals surface area contributed by atoms with Gasteiger partial charge in [-0.3, -0.25) is 0 Å². The normalized spacial score (nSPS) is 25.4. The molecule has 1 fully saturated rings. The van der Waals surface area contributed by atoms with Crippen LogP contribution in [0.25, 0.3) is 10.4 Å². The van der Waals surface area contributed by atoms with Gasteiger partial charge in [-0.25, -0.2) is 0 Å². The van der Waals surface area contributed by atoms with E-state index < -0.39 is 0 Å². The van der Waals surface area contributed by atoms with Crippen molar-refractivity contribution in [1.82, 2.24) is 5.32 Å². The summed E-state index contributed by atoms with van der Waals surface area (Å²) >= 11 is 0. The number of azide groups is 1. The molecule has 4 heteroatoms. The van der Waals surface area contributed by atoms with Crippen molar-refractivity contribution in [1.29, 1.82) is 0 Å². The van der Waals surface area contributed by atoms with Crippen LogP contribution in [0.1, 0.15) is 19.3 Å². The minimum atomic E-state index is 0.435. The van der Waals surface area contributed by atoms with Gasteiger partial charge in [0, 0.05) is 17.5 Å². The van der Waals surface area contributed by atoms with E-state index in [1.54, 1.807) is 0 Å². The zero-order valence-electron chi connectivity index (χ0n) is 5.95. The van der Waals surface area contributed by atoms with E-state index in [0.29, 0.717) is 12.6 Å². The molecule has 1 N–H and O–H groups in total. The summed E-state index contributed by atoms with van der Waals surface area (Å²) in [5.74, 6) is 0. The van der Waals surface area contributed by atoms with Gasteiger partial charge in [0.2, 0.25) is 0 Å². The van der Waals surface area contributed by atoms with Crippen LogP contribution >= 0.6 is 0 Å². The van der Waals surface area contributed by atoms with Crippen LogP contribution in [0.5, 0.6) is 0 Å². The maximum absolute atomic E-state index is 8.03. The molecule has 0 aromatic heterocycles. The first-order chi connectivity index (χ1) is 4.93. The molecule has 0 aromatic carbocycles. The molecule has 56 valence electrons. The second-order valence-electron chi connectivity index (χ2n) is 2.56. The number of hydrogen-bond donors (Lipinski definition) is 1. The molecule has 1 aliphatic rings. The fourth-order valence-corrected chi connectivity index (χ4v) is 1.21. The van der Waals surface area contributed by atoms with Gasteiger partial charge >= 0.3 is 0 Å². The van der Waals surface area contributed by atoms with Gasteiger partial charge in [0.1, 0.15) is 0 Å². The molecule has 1 unspecified atom stereocenters. The summed E-state index contributed by atoms with van der Waals surface area (Å²) in [6.07, 6.45) is 3.67. The molecule has 0 radical (unpaired) electrons. The lowest BCUT2D eigenvalue weighted by Crippen LogP contribution is -2.35. The minimum absolute atomic E-state index is 0.435. The maximum Gasteiger partial charge on any atom is 0.0412 e. The summed E-state index contributed by atoms with van der Waals surface area (Å²) in [4.78, 5) is 2.71. The lowest BCUT2D eigenvalue weighted by molar-refractivity contribution is 0.407. The third kappa shape index (κ3) is 2.25. The molecule has 0 spiro atoms. The van der Waals surface area contributed by atoms with Crippen LogP contribution in [0.3, 0.4) is 0 Å². The summed E-state index contributed by atoms with van der Waals surface area (Å²) in [5, 5.41) is 6.80. The Hall–Kier alpha value is -0.730. The molecule has 1 aliphatic heterocycles. The predicted molar refractivity (Wildman–Crippen MR) is 39.7 cm³/mol. The van der Waals surface area contributed by atoms with Crippen LogP contribution in [0.15, 0.2) is 5.11 Å². The largest absolute Gasteiger partial charge is 0.314 e. The molecule has 1 rings (SSSR count). The van der Waals surface area contributed by atoms with Gasteiger partial charge in [0.05, 0.1) is 0 Å². The Bertz CT molecular complexity index is 133. The Morgan fingerprint density at radius 3 is 3.10 bits per heavy atom. The molecule has 0 aromatic rings. The lowest BCUT2D eigenvalue weighted by atomic mass is 10.1. The monoisotopic (exact) mass is 140 g/mol. The number of nitrogens with one attached hydrogen (secondary N) is 1. The highest BCUT2D eigenvalue weighted by Gasteiger charge is 2.09. The van der Waals surface area contributed by atoms with Crippen molar-refractivity contribution >= 4 is 0 Å². The fraction of sp³-hybridized carbons (Fsp3) is 1.00. The van der Waals surface area contributed by atoms with E-state index in [-0.39, 0.29) is 0 Å². The van der Waals surface area contributed by atoms with Crippen LogP contribution in [0.2, 0.25) is 0 Å². The molecule has 0 aliphatic carbocycles. The zero-order valence-corrected chi connectivity index (χ0v) is 5.95. The summed E-state index contributed by atoms with van der Waals surface area (Å²) < 4.78 is 0. The topological polar surface area (TPSA) is 60.8 Å². The van der Waals surface area contributed by atoms with Crippen molar-refractivity contribution in [2.45, 2.75) is 25.3 Å². The Balaban J connectivity index is 2.19. The summed E-state index contributed by atoms with van der Waals surface area (Å²) in [7, 11) is 0. The van der Waals surface area contributed by atoms with Crippen molar-refractivity contribution in [3.05, 3.63) is 10.4 Å². The number of hydrogen-bond acceptors (Lipinski definition) is 2. The van der Waals surface area contributed by atoms with Gasteiger partial charge in [0.25, 0.3) is 0 Å². The number of rotatable bonds is 2. The standard InChI is InChI=1S/C6H12N4/c7-10-9-5-6-3-1-2-4-8-6/h6,8H,1-5H2. The van der Waals surface area contributed by atoms with Gasteiger partial charge in [-0.2, -0.15) is 0 Å². The van der Waals surface area contributed by atoms with Crippen LogP contribution in [-0.2, 0) is 0 Å². The van der Waals surface area contributed by atoms with E-state index in [4.69, 9.17) is 5.53 Å². The lowest BCUT2D eigenvalue weighted by Gasteiger charge is -2.21. The van der Waals surface area contributed by atoms with Gasteiger partial charge in [-0.05, 0) is 24.9 Å². The Morgan fingerprint density at radius 1 is 1.60 bits per heavy atom. The molecule has 0 bridgehead atoms. The van der Waals surface area contributed by atoms with E-state index >= 15 is 0 Å². The van der Waals surface area contributed by atoms with E-state index in [1.807, 2.05) is 0 Å². The molecule has 0 saturated carbocycles. The molecule has 10 heavy (non-hydrogen) atoms. The van der Waals surface area contributed by atoms with Crippen LogP contribution in [0.4, 0.5) is 0 Å². The van der Waals surface area contributed by atoms with Crippen LogP contribution in [0, 0.1) is 0 Å². The highest BCUT2D eigenvalue weighted by Crippen LogP contribution is 2.06. The Kier molecular flexibility index (Phi) is 3.06. The van der Waals surface area contributed by atoms with E-state index in [0.717, 1.165) is 13.0 Å². The van der Waals surface area contributed by atoms with Gasteiger partial charge in [-0.1, -0.05) is 11.5 Å². The first-order valence-corrected chi connectivity index (χ1v) is 3.67. The smallest absolute Gasteiger partial charge is 0.0412 e. The Morgan fingerprint density at radius 2 is 2.50 bits per heavy atom. The Labute approximate surface area is 60.2 Å². The highest BCUT2D eigenvalue weighted by atomic mass is 15.1. The van der Waals surface area contributed by atoms with Crippen molar-refractivity contribution in [3.63, 3.8) is 0 Å². The molecule has 4 nitrogen and oxygen atoms in total. The number of piperidine rings is 1. The summed E-state index contributed by atoms with van der Waals surface area (Å²) in [5.41, 5.74) is 8.03. The fourth-order valence-electron chi connectivity index (χ4n) is 1.21. The van der Waals surface area contributed by atoms with E-state index in [2.05, 4.69) is 15.3 Å². The molecule has 1 atom stereocenters. The van der Waals surface area contributed by atoms with Crippen LogP contribution < -0.4 is 5.32 Å². The SMILES string of the molecule is [N-]=[N+]=NCC1CCCCN1. The minimum Gasteiger partial charge on any atom is -0.314 e. The average Bonchev–Trinajstić information content (AvgIpc) is 2.03.